The van der Waals surface area contributed by atoms with Crippen LogP contribution in [0.1, 0.15) is 43.4 Å². The Morgan fingerprint density at radius 1 is 1.37 bits per heavy atom. The van der Waals surface area contributed by atoms with Gasteiger partial charge in [-0.3, -0.25) is 4.90 Å². The number of fused-ring (bicyclic) bond motifs is 1. The van der Waals surface area contributed by atoms with Gasteiger partial charge in [-0.1, -0.05) is 6.07 Å². The van der Waals surface area contributed by atoms with Gasteiger partial charge in [-0.2, -0.15) is 0 Å². The summed E-state index contributed by atoms with van der Waals surface area (Å²) in [7, 11) is 0. The van der Waals surface area contributed by atoms with Crippen LogP contribution in [0.2, 0.25) is 0 Å². The van der Waals surface area contributed by atoms with E-state index in [0.717, 1.165) is 19.4 Å². The Balaban J connectivity index is 1.57. The van der Waals surface area contributed by atoms with Gasteiger partial charge in [-0.15, -0.1) is 0 Å². The highest BCUT2D eigenvalue weighted by atomic mass is 16.3. The number of nitrogens with zero attached hydrogens (tertiary/aromatic N) is 1. The van der Waals surface area contributed by atoms with E-state index in [4.69, 9.17) is 0 Å². The van der Waals surface area contributed by atoms with Gasteiger partial charge in [0.15, 0.2) is 0 Å². The van der Waals surface area contributed by atoms with Gasteiger partial charge in [-0.25, -0.2) is 0 Å². The molecule has 1 saturated heterocycles. The summed E-state index contributed by atoms with van der Waals surface area (Å²) in [5.74, 6) is 0.393. The van der Waals surface area contributed by atoms with E-state index in [9.17, 15) is 5.11 Å². The highest BCUT2D eigenvalue weighted by Crippen LogP contribution is 2.33. The van der Waals surface area contributed by atoms with Crippen LogP contribution < -0.4 is 5.32 Å². The van der Waals surface area contributed by atoms with E-state index in [-0.39, 0.29) is 0 Å². The number of likely N-dealkylation sites (tertiary alicyclic amines) is 1. The summed E-state index contributed by atoms with van der Waals surface area (Å²) in [6.45, 7) is 5.91. The SMILES string of the molecule is CC(CNC1CCc2cc(O)ccc21)N1CCCC1. The monoisotopic (exact) mass is 260 g/mol. The summed E-state index contributed by atoms with van der Waals surface area (Å²) < 4.78 is 0. The van der Waals surface area contributed by atoms with Crippen LogP contribution in [-0.2, 0) is 6.42 Å². The molecule has 0 saturated carbocycles. The first-order chi connectivity index (χ1) is 9.24. The van der Waals surface area contributed by atoms with Crippen molar-refractivity contribution in [3.8, 4) is 5.75 Å². The Bertz CT molecular complexity index is 440. The lowest BCUT2D eigenvalue weighted by molar-refractivity contribution is 0.245. The molecule has 1 aliphatic heterocycles. The largest absolute Gasteiger partial charge is 0.508 e. The van der Waals surface area contributed by atoms with E-state index < -0.39 is 0 Å². The molecule has 1 fully saturated rings. The van der Waals surface area contributed by atoms with Crippen molar-refractivity contribution in [2.24, 2.45) is 0 Å². The van der Waals surface area contributed by atoms with Gasteiger partial charge in [0, 0.05) is 18.6 Å². The van der Waals surface area contributed by atoms with Crippen LogP contribution >= 0.6 is 0 Å². The highest BCUT2D eigenvalue weighted by Gasteiger charge is 2.24. The number of rotatable bonds is 4. The van der Waals surface area contributed by atoms with Crippen LogP contribution in [-0.4, -0.2) is 35.7 Å². The number of aromatic hydroxyl groups is 1. The first kappa shape index (κ1) is 12.9. The Hall–Kier alpha value is -1.06. The number of hydrogen-bond acceptors (Lipinski definition) is 3. The van der Waals surface area contributed by atoms with E-state index in [1.807, 2.05) is 12.1 Å². The zero-order valence-corrected chi connectivity index (χ0v) is 11.7. The number of phenolic OH excluding ortho intramolecular Hbond substituents is 1. The molecule has 3 rings (SSSR count). The average molecular weight is 260 g/mol. The molecule has 2 unspecified atom stereocenters. The number of benzene rings is 1. The summed E-state index contributed by atoms with van der Waals surface area (Å²) in [5.41, 5.74) is 2.69. The molecule has 0 amide bonds. The van der Waals surface area contributed by atoms with Gasteiger partial charge >= 0.3 is 0 Å². The van der Waals surface area contributed by atoms with Gasteiger partial charge < -0.3 is 10.4 Å². The van der Waals surface area contributed by atoms with Crippen molar-refractivity contribution in [1.82, 2.24) is 10.2 Å². The maximum absolute atomic E-state index is 9.52. The third kappa shape index (κ3) is 2.77. The third-order valence-corrected chi connectivity index (χ3v) is 4.63. The van der Waals surface area contributed by atoms with Crippen molar-refractivity contribution in [3.05, 3.63) is 29.3 Å². The van der Waals surface area contributed by atoms with Crippen molar-refractivity contribution in [1.29, 1.82) is 0 Å². The lowest BCUT2D eigenvalue weighted by Gasteiger charge is -2.26. The number of nitrogens with one attached hydrogen (secondary N) is 1. The van der Waals surface area contributed by atoms with Gasteiger partial charge in [0.05, 0.1) is 0 Å². The molecule has 1 heterocycles. The molecule has 2 atom stereocenters. The van der Waals surface area contributed by atoms with E-state index >= 15 is 0 Å². The molecule has 104 valence electrons. The lowest BCUT2D eigenvalue weighted by atomic mass is 10.1. The first-order valence-electron chi connectivity index (χ1n) is 7.53. The average Bonchev–Trinajstić information content (AvgIpc) is 3.05. The standard InChI is InChI=1S/C16H24N2O/c1-12(18-8-2-3-9-18)11-17-16-7-4-13-10-14(19)5-6-15(13)16/h5-6,10,12,16-17,19H,2-4,7-9,11H2,1H3. The van der Waals surface area contributed by atoms with Gasteiger partial charge in [0.1, 0.15) is 5.75 Å². The molecule has 2 N–H and O–H groups in total. The molecular formula is C16H24N2O. The molecule has 1 aromatic carbocycles. The molecule has 0 aromatic heterocycles. The van der Waals surface area contributed by atoms with Crippen molar-refractivity contribution in [3.63, 3.8) is 0 Å². The summed E-state index contributed by atoms with van der Waals surface area (Å²) in [6.07, 6.45) is 4.96. The van der Waals surface area contributed by atoms with Crippen LogP contribution in [0.4, 0.5) is 0 Å². The topological polar surface area (TPSA) is 35.5 Å². The zero-order valence-electron chi connectivity index (χ0n) is 11.7. The Kier molecular flexibility index (Phi) is 3.76. The van der Waals surface area contributed by atoms with Crippen molar-refractivity contribution >= 4 is 0 Å². The number of hydrogen-bond donors (Lipinski definition) is 2. The van der Waals surface area contributed by atoms with Crippen LogP contribution in [0.15, 0.2) is 18.2 Å². The molecule has 0 bridgehead atoms. The van der Waals surface area contributed by atoms with Crippen molar-refractivity contribution in [2.45, 2.75) is 44.7 Å². The number of aryl methyl sites for hydroxylation is 1. The van der Waals surface area contributed by atoms with Crippen molar-refractivity contribution in [2.75, 3.05) is 19.6 Å². The highest BCUT2D eigenvalue weighted by molar-refractivity contribution is 5.40. The minimum atomic E-state index is 0.393. The maximum atomic E-state index is 9.52. The molecular weight excluding hydrogens is 236 g/mol. The Labute approximate surface area is 115 Å². The normalized spacial score (nSPS) is 24.6. The van der Waals surface area contributed by atoms with Gasteiger partial charge in [0.25, 0.3) is 0 Å². The first-order valence-corrected chi connectivity index (χ1v) is 7.53. The molecule has 19 heavy (non-hydrogen) atoms. The molecule has 1 aliphatic carbocycles. The quantitative estimate of drug-likeness (QED) is 0.873. The predicted molar refractivity (Wildman–Crippen MR) is 77.4 cm³/mol. The van der Waals surface area contributed by atoms with Crippen LogP contribution in [0, 0.1) is 0 Å². The third-order valence-electron chi connectivity index (χ3n) is 4.63. The van der Waals surface area contributed by atoms with Crippen molar-refractivity contribution < 1.29 is 5.11 Å². The fourth-order valence-electron chi connectivity index (χ4n) is 3.44. The zero-order chi connectivity index (χ0) is 13.2. The smallest absolute Gasteiger partial charge is 0.115 e. The Morgan fingerprint density at radius 3 is 2.95 bits per heavy atom. The summed E-state index contributed by atoms with van der Waals surface area (Å²) in [6, 6.07) is 6.91. The Morgan fingerprint density at radius 2 is 2.16 bits per heavy atom. The van der Waals surface area contributed by atoms with E-state index in [1.165, 1.54) is 37.1 Å². The number of phenols is 1. The second-order valence-corrected chi connectivity index (χ2v) is 5.97. The fourth-order valence-corrected chi connectivity index (χ4v) is 3.44. The predicted octanol–water partition coefficient (Wildman–Crippen LogP) is 2.45. The van der Waals surface area contributed by atoms with E-state index in [2.05, 4.69) is 23.2 Å². The molecule has 0 spiro atoms. The minimum Gasteiger partial charge on any atom is -0.508 e. The maximum Gasteiger partial charge on any atom is 0.115 e. The minimum absolute atomic E-state index is 0.393. The van der Waals surface area contributed by atoms with Gasteiger partial charge in [0.2, 0.25) is 0 Å². The van der Waals surface area contributed by atoms with Gasteiger partial charge in [-0.05, 0) is 69.0 Å². The second-order valence-electron chi connectivity index (χ2n) is 5.97. The fraction of sp³-hybridized carbons (Fsp3) is 0.625. The van der Waals surface area contributed by atoms with E-state index in [1.54, 1.807) is 0 Å². The summed E-state index contributed by atoms with van der Waals surface area (Å²) in [4.78, 5) is 2.58. The van der Waals surface area contributed by atoms with E-state index in [0.29, 0.717) is 17.8 Å². The summed E-state index contributed by atoms with van der Waals surface area (Å²) in [5, 5.41) is 13.2. The second kappa shape index (κ2) is 5.51. The van der Waals surface area contributed by atoms with Crippen LogP contribution in [0.25, 0.3) is 0 Å². The molecule has 3 heteroatoms. The van der Waals surface area contributed by atoms with Crippen LogP contribution in [0.3, 0.4) is 0 Å². The van der Waals surface area contributed by atoms with Crippen LogP contribution in [0.5, 0.6) is 5.75 Å². The summed E-state index contributed by atoms with van der Waals surface area (Å²) >= 11 is 0. The molecule has 3 nitrogen and oxygen atoms in total. The lowest BCUT2D eigenvalue weighted by Crippen LogP contribution is -2.39. The molecule has 0 radical (unpaired) electrons. The molecule has 2 aliphatic rings. The molecule has 1 aromatic rings.